The van der Waals surface area contributed by atoms with Gasteiger partial charge in [0.15, 0.2) is 0 Å². The summed E-state index contributed by atoms with van der Waals surface area (Å²) in [6, 6.07) is 49.4. The molecule has 10 heterocycles. The van der Waals surface area contributed by atoms with Gasteiger partial charge in [-0.15, -0.1) is 0 Å². The Balaban J connectivity index is 1.03. The average molecular weight is 725 g/mol. The van der Waals surface area contributed by atoms with Crippen molar-refractivity contribution in [3.05, 3.63) is 121 Å². The minimum atomic E-state index is -4.39. The van der Waals surface area contributed by atoms with E-state index in [2.05, 4.69) is 159 Å². The predicted molar refractivity (Wildman–Crippen MR) is 207 cm³/mol. The van der Waals surface area contributed by atoms with Crippen molar-refractivity contribution < 1.29 is 6.51 Å². The standard InChI is InChI=1S/C27H36N2P.C17H14P.Fe/c1-5-29(6-2)22-14-21-28(4)23(3)26-19-13-20-27(26)30(24-15-9-7-10-16-24)25-17-11-8-12-18-25;1-3-9-15(10-4-1)18(17-13-7-8-14-17)16-11-5-2-6-12-16;/h7-13,15-20,23H,5-6,14,21-22H2,1-4H3;1-14H;/t23-;;/m0../s1. The fourth-order valence-corrected chi connectivity index (χ4v) is 133. The molecule has 10 saturated heterocycles. The third-order valence-corrected chi connectivity index (χ3v) is 80.2. The average Bonchev–Trinajstić information content (AvgIpc) is 4.12. The molecular formula is C44H50FeN2P2. The van der Waals surface area contributed by atoms with Gasteiger partial charge in [-0.2, -0.15) is 0 Å². The Kier molecular flexibility index (Phi) is 2.97. The second kappa shape index (κ2) is 5.24. The van der Waals surface area contributed by atoms with Gasteiger partial charge in [0.25, 0.3) is 0 Å². The first-order chi connectivity index (χ1) is 23.8. The molecule has 0 aliphatic carbocycles. The van der Waals surface area contributed by atoms with Crippen LogP contribution in [-0.4, -0.2) is 57.2 Å². The summed E-state index contributed by atoms with van der Waals surface area (Å²) in [4.78, 5) is 13.8. The van der Waals surface area contributed by atoms with E-state index < -0.39 is 14.4 Å². The van der Waals surface area contributed by atoms with Crippen molar-refractivity contribution in [2.24, 2.45) is 0 Å². The monoisotopic (exact) mass is 724 g/mol. The van der Waals surface area contributed by atoms with Crippen LogP contribution >= 0.6 is 15.8 Å². The van der Waals surface area contributed by atoms with Crippen molar-refractivity contribution in [2.75, 3.05) is 33.2 Å². The summed E-state index contributed by atoms with van der Waals surface area (Å²) < 4.78 is 1.96. The Hall–Kier alpha value is -1.82. The van der Waals surface area contributed by atoms with E-state index in [1.165, 1.54) is 47.0 Å². The van der Waals surface area contributed by atoms with Gasteiger partial charge in [0.05, 0.1) is 0 Å². The van der Waals surface area contributed by atoms with E-state index in [4.69, 9.17) is 0 Å². The van der Waals surface area contributed by atoms with Gasteiger partial charge in [0, 0.05) is 0 Å². The molecule has 49 heavy (non-hydrogen) atoms. The number of fused-ring (bicyclic) bond motifs is 10. The molecule has 14 rings (SSSR count). The molecule has 2 nitrogen and oxygen atoms in total. The van der Waals surface area contributed by atoms with Crippen LogP contribution in [0.3, 0.4) is 0 Å². The van der Waals surface area contributed by atoms with E-state index in [9.17, 15) is 0 Å². The summed E-state index contributed by atoms with van der Waals surface area (Å²) in [5, 5.41) is 6.86. The van der Waals surface area contributed by atoms with Crippen LogP contribution in [0.25, 0.3) is 0 Å². The van der Waals surface area contributed by atoms with Crippen LogP contribution < -0.4 is 21.2 Å². The van der Waals surface area contributed by atoms with Crippen LogP contribution in [0.15, 0.2) is 121 Å². The molecule has 8 unspecified atom stereocenters. The maximum absolute atomic E-state index is 4.39. The SMILES string of the molecule is CCN(CC)CCCN(C)[C@@H](C)[C@@]12[CH]3[CH]4[CH]5[C]1(P(c1ccccc1)c1ccccc1)[Fe]45321678[CH]2[CH]1[CH]6[C]7(P(c1ccccc1)c1ccccc1)[CH]28. The summed E-state index contributed by atoms with van der Waals surface area (Å²) in [6.07, 6.45) is 1.30. The van der Waals surface area contributed by atoms with Crippen LogP contribution in [0.5, 0.6) is 0 Å². The first-order valence-corrected chi connectivity index (χ1v) is 28.1. The van der Waals surface area contributed by atoms with Crippen LogP contribution in [0.2, 0.25) is 38.0 Å². The van der Waals surface area contributed by atoms with Crippen LogP contribution in [0.4, 0.5) is 0 Å². The molecule has 1 spiro atoms. The van der Waals surface area contributed by atoms with E-state index >= 15 is 0 Å². The van der Waals surface area contributed by atoms with Gasteiger partial charge in [-0.05, 0) is 0 Å². The third kappa shape index (κ3) is 0.890. The summed E-state index contributed by atoms with van der Waals surface area (Å²) in [5.41, 5.74) is 0. The topological polar surface area (TPSA) is 6.48 Å². The normalized spacial score (nSPS) is 53.0. The van der Waals surface area contributed by atoms with Gasteiger partial charge in [-0.25, -0.2) is 0 Å². The van der Waals surface area contributed by atoms with Crippen molar-refractivity contribution in [1.29, 1.82) is 0 Å². The molecule has 0 N–H and O–H groups in total. The maximum atomic E-state index is 2.97. The van der Waals surface area contributed by atoms with Crippen molar-refractivity contribution in [1.82, 2.24) is 9.80 Å². The summed E-state index contributed by atoms with van der Waals surface area (Å²) >= 11 is 0. The van der Waals surface area contributed by atoms with Crippen LogP contribution in [-0.2, 0) is 6.51 Å². The number of rotatable bonds is 14. The van der Waals surface area contributed by atoms with Crippen LogP contribution in [0, 0.1) is 0 Å². The van der Waals surface area contributed by atoms with E-state index in [0.717, 1.165) is 19.3 Å². The molecule has 254 valence electrons. The van der Waals surface area contributed by atoms with Gasteiger partial charge < -0.3 is 0 Å². The minimum absolute atomic E-state index is 0.378. The van der Waals surface area contributed by atoms with Gasteiger partial charge >= 0.3 is 287 Å². The molecule has 10 aliphatic rings. The van der Waals surface area contributed by atoms with Crippen LogP contribution in [0.1, 0.15) is 27.2 Å². The number of benzene rings is 4. The van der Waals surface area contributed by atoms with E-state index in [1.54, 1.807) is 21.2 Å². The van der Waals surface area contributed by atoms with Crippen molar-refractivity contribution in [2.45, 2.75) is 79.4 Å². The molecule has 0 radical (unpaired) electrons. The Morgan fingerprint density at radius 1 is 0.592 bits per heavy atom. The molecule has 4 aromatic carbocycles. The molecular weight excluding hydrogens is 674 g/mol. The predicted octanol–water partition coefficient (Wildman–Crippen LogP) is 8.88. The molecule has 0 saturated carbocycles. The molecule has 0 amide bonds. The zero-order valence-corrected chi connectivity index (χ0v) is 32.2. The zero-order valence-electron chi connectivity index (χ0n) is 29.3. The Labute approximate surface area is 285 Å². The first kappa shape index (κ1) is 27.8. The molecule has 10 atom stereocenters. The van der Waals surface area contributed by atoms with Crippen molar-refractivity contribution in [3.63, 3.8) is 0 Å². The second-order valence-corrected chi connectivity index (χ2v) is 47.9. The second-order valence-electron chi connectivity index (χ2n) is 19.4. The molecule has 4 aromatic rings. The summed E-state index contributed by atoms with van der Waals surface area (Å²) in [7, 11) is 1.77. The Morgan fingerprint density at radius 3 is 1.45 bits per heavy atom. The van der Waals surface area contributed by atoms with E-state index in [0.29, 0.717) is 18.5 Å². The third-order valence-electron chi connectivity index (χ3n) is 22.8. The van der Waals surface area contributed by atoms with Gasteiger partial charge in [0.1, 0.15) is 0 Å². The molecule has 5 heteroatoms. The molecule has 0 bridgehead atoms. The summed E-state index contributed by atoms with van der Waals surface area (Å²) in [6.45, 7) is 7.93. The number of nitrogens with zero attached hydrogens (tertiary/aromatic N) is 2. The molecule has 10 aliphatic heterocycles. The van der Waals surface area contributed by atoms with E-state index in [-0.39, 0.29) is 7.92 Å². The van der Waals surface area contributed by atoms with Gasteiger partial charge in [-0.3, -0.25) is 0 Å². The fourth-order valence-electron chi connectivity index (χ4n) is 24.2. The fraction of sp³-hybridized carbons (Fsp3) is 0.455. The Morgan fingerprint density at radius 2 is 1.04 bits per heavy atom. The quantitative estimate of drug-likeness (QED) is 0.0948. The number of hydrogen-bond acceptors (Lipinski definition) is 2. The number of hydrogen-bond donors (Lipinski definition) is 0. The van der Waals surface area contributed by atoms with Crippen molar-refractivity contribution in [3.8, 4) is 0 Å². The Bertz CT molecular complexity index is 2420. The summed E-state index contributed by atoms with van der Waals surface area (Å²) in [5.74, 6) is 0. The van der Waals surface area contributed by atoms with E-state index in [1.807, 2.05) is 0 Å². The first-order valence-electron chi connectivity index (χ1n) is 19.3. The molecule has 10 fully saturated rings. The van der Waals surface area contributed by atoms with Gasteiger partial charge in [0.2, 0.25) is 0 Å². The zero-order chi connectivity index (χ0) is 32.7. The van der Waals surface area contributed by atoms with Crippen molar-refractivity contribution >= 4 is 37.1 Å². The molecule has 0 aromatic heterocycles. The van der Waals surface area contributed by atoms with Gasteiger partial charge in [-0.1, -0.05) is 0 Å².